The van der Waals surface area contributed by atoms with Crippen molar-refractivity contribution in [1.29, 1.82) is 0 Å². The molecule has 1 aliphatic rings. The van der Waals surface area contributed by atoms with Crippen LogP contribution in [0.5, 0.6) is 0 Å². The van der Waals surface area contributed by atoms with Crippen LogP contribution in [0, 0.1) is 0 Å². The van der Waals surface area contributed by atoms with Crippen molar-refractivity contribution < 1.29 is 24.3 Å². The number of imide groups is 1. The van der Waals surface area contributed by atoms with Crippen LogP contribution in [0.15, 0.2) is 12.2 Å². The maximum absolute atomic E-state index is 10.8. The van der Waals surface area contributed by atoms with Crippen LogP contribution < -0.4 is 0 Å². The summed E-state index contributed by atoms with van der Waals surface area (Å²) in [5.41, 5.74) is 0. The minimum Gasteiger partial charge on any atom is -0.475 e. The molecule has 0 unspecified atom stereocenters. The minimum atomic E-state index is -1.66. The highest BCUT2D eigenvalue weighted by Gasteiger charge is 2.27. The van der Waals surface area contributed by atoms with Crippen molar-refractivity contribution in [2.75, 3.05) is 6.54 Å². The third kappa shape index (κ3) is 1.78. The smallest absolute Gasteiger partial charge is 0.374 e. The van der Waals surface area contributed by atoms with E-state index in [-0.39, 0.29) is 0 Å². The standard InChI is InChI=1S/C7H5NO5/c9-4(7(12)13)3-8-5(10)1-2-6(8)11/h1-2H,3H2,(H,12,13). The third-order valence-corrected chi connectivity index (χ3v) is 1.44. The normalized spacial score (nSPS) is 15.2. The molecular formula is C7H5NO5. The van der Waals surface area contributed by atoms with Crippen molar-refractivity contribution >= 4 is 23.6 Å². The number of rotatable bonds is 3. The average Bonchev–Trinajstić information content (AvgIpc) is 2.35. The zero-order chi connectivity index (χ0) is 10.0. The molecule has 0 aromatic rings. The number of aliphatic carboxylic acids is 1. The molecule has 0 saturated heterocycles. The number of carboxylic acid groups (broad SMARTS) is 1. The summed E-state index contributed by atoms with van der Waals surface area (Å²) < 4.78 is 0. The first-order chi connectivity index (χ1) is 6.02. The van der Waals surface area contributed by atoms with E-state index in [0.29, 0.717) is 4.90 Å². The first kappa shape index (κ1) is 9.11. The molecule has 0 spiro atoms. The van der Waals surface area contributed by atoms with E-state index in [9.17, 15) is 19.2 Å². The van der Waals surface area contributed by atoms with Gasteiger partial charge in [0.1, 0.15) is 0 Å². The second kappa shape index (κ2) is 3.18. The van der Waals surface area contributed by atoms with Crippen LogP contribution in [0.1, 0.15) is 0 Å². The molecule has 2 amide bonds. The second-order valence-corrected chi connectivity index (χ2v) is 2.32. The molecule has 0 radical (unpaired) electrons. The maximum Gasteiger partial charge on any atom is 0.374 e. The number of carboxylic acids is 1. The molecule has 13 heavy (non-hydrogen) atoms. The lowest BCUT2D eigenvalue weighted by Gasteiger charge is -2.09. The van der Waals surface area contributed by atoms with E-state index in [1.54, 1.807) is 0 Å². The number of ketones is 1. The van der Waals surface area contributed by atoms with Crippen LogP contribution in [-0.4, -0.2) is 40.1 Å². The van der Waals surface area contributed by atoms with E-state index in [2.05, 4.69) is 0 Å². The van der Waals surface area contributed by atoms with Crippen molar-refractivity contribution in [1.82, 2.24) is 4.90 Å². The van der Waals surface area contributed by atoms with Crippen molar-refractivity contribution in [2.24, 2.45) is 0 Å². The number of hydrogen-bond donors (Lipinski definition) is 1. The average molecular weight is 183 g/mol. The van der Waals surface area contributed by atoms with E-state index >= 15 is 0 Å². The third-order valence-electron chi connectivity index (χ3n) is 1.44. The number of amides is 2. The molecule has 1 aliphatic heterocycles. The van der Waals surface area contributed by atoms with Gasteiger partial charge in [0, 0.05) is 12.2 Å². The fraction of sp³-hybridized carbons (Fsp3) is 0.143. The highest BCUT2D eigenvalue weighted by atomic mass is 16.4. The van der Waals surface area contributed by atoms with Gasteiger partial charge in [0.2, 0.25) is 0 Å². The van der Waals surface area contributed by atoms with Crippen LogP contribution in [0.25, 0.3) is 0 Å². The largest absolute Gasteiger partial charge is 0.475 e. The number of Topliss-reactive ketones (excluding diaryl/α,β-unsaturated/α-hetero) is 1. The van der Waals surface area contributed by atoms with Gasteiger partial charge in [-0.2, -0.15) is 0 Å². The molecule has 6 heteroatoms. The molecule has 1 rings (SSSR count). The van der Waals surface area contributed by atoms with Gasteiger partial charge in [0.25, 0.3) is 17.6 Å². The van der Waals surface area contributed by atoms with Gasteiger partial charge in [-0.1, -0.05) is 0 Å². The van der Waals surface area contributed by atoms with Gasteiger partial charge in [-0.15, -0.1) is 0 Å². The van der Waals surface area contributed by atoms with Crippen LogP contribution >= 0.6 is 0 Å². The fourth-order valence-corrected chi connectivity index (χ4v) is 0.798. The lowest BCUT2D eigenvalue weighted by Crippen LogP contribution is -2.37. The van der Waals surface area contributed by atoms with Crippen molar-refractivity contribution in [3.63, 3.8) is 0 Å². The molecule has 6 nitrogen and oxygen atoms in total. The molecule has 0 aromatic heterocycles. The van der Waals surface area contributed by atoms with Gasteiger partial charge in [0.05, 0.1) is 6.54 Å². The monoisotopic (exact) mass is 183 g/mol. The summed E-state index contributed by atoms with van der Waals surface area (Å²) in [5, 5.41) is 8.20. The van der Waals surface area contributed by atoms with Crippen LogP contribution in [0.2, 0.25) is 0 Å². The lowest BCUT2D eigenvalue weighted by atomic mass is 10.3. The molecule has 68 valence electrons. The number of carbonyl (C=O) groups is 4. The summed E-state index contributed by atoms with van der Waals surface area (Å²) in [6.45, 7) is -0.708. The first-order valence-corrected chi connectivity index (χ1v) is 3.32. The Morgan fingerprint density at radius 1 is 1.23 bits per heavy atom. The predicted molar refractivity (Wildman–Crippen MR) is 38.5 cm³/mol. The van der Waals surface area contributed by atoms with E-state index in [4.69, 9.17) is 5.11 Å². The Bertz CT molecular complexity index is 312. The highest BCUT2D eigenvalue weighted by molar-refractivity contribution is 6.34. The van der Waals surface area contributed by atoms with Crippen molar-refractivity contribution in [3.05, 3.63) is 12.2 Å². The fourth-order valence-electron chi connectivity index (χ4n) is 0.798. The Balaban J connectivity index is 2.66. The Morgan fingerprint density at radius 2 is 1.69 bits per heavy atom. The van der Waals surface area contributed by atoms with Crippen LogP contribution in [0.3, 0.4) is 0 Å². The Kier molecular flexibility index (Phi) is 2.23. The molecule has 0 bridgehead atoms. The van der Waals surface area contributed by atoms with Crippen molar-refractivity contribution in [2.45, 2.75) is 0 Å². The van der Waals surface area contributed by atoms with Gasteiger partial charge < -0.3 is 5.11 Å². The van der Waals surface area contributed by atoms with Gasteiger partial charge in [-0.05, 0) is 0 Å². The molecule has 1 N–H and O–H groups in total. The summed E-state index contributed by atoms with van der Waals surface area (Å²) in [7, 11) is 0. The lowest BCUT2D eigenvalue weighted by molar-refractivity contribution is -0.151. The summed E-state index contributed by atoms with van der Waals surface area (Å²) in [4.78, 5) is 42.9. The van der Waals surface area contributed by atoms with E-state index in [1.807, 2.05) is 0 Å². The Morgan fingerprint density at radius 3 is 2.08 bits per heavy atom. The molecule has 0 aromatic carbocycles. The van der Waals surface area contributed by atoms with Crippen molar-refractivity contribution in [3.8, 4) is 0 Å². The summed E-state index contributed by atoms with van der Waals surface area (Å²) in [5.74, 6) is -4.18. The number of hydrogen-bond acceptors (Lipinski definition) is 4. The SMILES string of the molecule is O=C(O)C(=O)CN1C(=O)C=CC1=O. The molecule has 0 atom stereocenters. The van der Waals surface area contributed by atoms with Gasteiger partial charge in [-0.3, -0.25) is 19.3 Å². The van der Waals surface area contributed by atoms with Gasteiger partial charge >= 0.3 is 5.97 Å². The highest BCUT2D eigenvalue weighted by Crippen LogP contribution is 2.02. The quantitative estimate of drug-likeness (QED) is 0.427. The Labute approximate surface area is 72.4 Å². The van der Waals surface area contributed by atoms with E-state index in [0.717, 1.165) is 12.2 Å². The van der Waals surface area contributed by atoms with E-state index in [1.165, 1.54) is 0 Å². The van der Waals surface area contributed by atoms with E-state index < -0.39 is 30.1 Å². The summed E-state index contributed by atoms with van der Waals surface area (Å²) >= 11 is 0. The zero-order valence-corrected chi connectivity index (χ0v) is 6.39. The number of carbonyl (C=O) groups excluding carboxylic acids is 3. The summed E-state index contributed by atoms with van der Waals surface area (Å²) in [6, 6.07) is 0. The number of nitrogens with zero attached hydrogens (tertiary/aromatic N) is 1. The van der Waals surface area contributed by atoms with Crippen LogP contribution in [0.4, 0.5) is 0 Å². The molecule has 1 heterocycles. The Hall–Kier alpha value is -1.98. The molecular weight excluding hydrogens is 178 g/mol. The second-order valence-electron chi connectivity index (χ2n) is 2.32. The topological polar surface area (TPSA) is 91.8 Å². The zero-order valence-electron chi connectivity index (χ0n) is 6.39. The molecule has 0 fully saturated rings. The maximum atomic E-state index is 10.8. The van der Waals surface area contributed by atoms with Crippen LogP contribution in [-0.2, 0) is 19.2 Å². The van der Waals surface area contributed by atoms with Gasteiger partial charge in [0.15, 0.2) is 0 Å². The van der Waals surface area contributed by atoms with Gasteiger partial charge in [-0.25, -0.2) is 4.79 Å². The summed E-state index contributed by atoms with van der Waals surface area (Å²) in [6.07, 6.45) is 1.97. The molecule has 0 saturated carbocycles. The first-order valence-electron chi connectivity index (χ1n) is 3.32. The predicted octanol–water partition coefficient (Wildman–Crippen LogP) is -1.43. The minimum absolute atomic E-state index is 0.566. The molecule has 0 aliphatic carbocycles.